The molecule has 0 fully saturated rings. The van der Waals surface area contributed by atoms with Gasteiger partial charge in [-0.15, -0.1) is 17.5 Å². The molecular formula is C8H14ClF2N3O. The molecule has 0 aliphatic rings. The van der Waals surface area contributed by atoms with Gasteiger partial charge in [-0.05, 0) is 13.8 Å². The van der Waals surface area contributed by atoms with Crippen molar-refractivity contribution in [3.8, 4) is 5.88 Å². The molecule has 0 radical (unpaired) electrons. The van der Waals surface area contributed by atoms with Crippen molar-refractivity contribution < 1.29 is 13.5 Å². The Hall–Kier alpha value is -1.04. The van der Waals surface area contributed by atoms with Gasteiger partial charge >= 0.3 is 0 Å². The van der Waals surface area contributed by atoms with Crippen molar-refractivity contribution in [2.45, 2.75) is 26.3 Å². The van der Waals surface area contributed by atoms with Gasteiger partial charge in [0.25, 0.3) is 12.3 Å². The van der Waals surface area contributed by atoms with Crippen LogP contribution >= 0.6 is 12.4 Å². The number of nitrogen functional groups attached to an aromatic ring is 1. The molecule has 2 N–H and O–H groups in total. The first-order valence-electron chi connectivity index (χ1n) is 4.26. The van der Waals surface area contributed by atoms with Crippen molar-refractivity contribution in [3.63, 3.8) is 0 Å². The molecule has 1 aromatic heterocycles. The number of anilines is 1. The van der Waals surface area contributed by atoms with Gasteiger partial charge in [-0.1, -0.05) is 0 Å². The van der Waals surface area contributed by atoms with Gasteiger partial charge in [0.15, 0.2) is 6.61 Å². The highest BCUT2D eigenvalue weighted by molar-refractivity contribution is 5.85. The SMILES string of the molecule is CC(C)n1cc(N)c(OCC(F)F)n1.Cl. The highest BCUT2D eigenvalue weighted by atomic mass is 35.5. The molecule has 0 saturated carbocycles. The highest BCUT2D eigenvalue weighted by Crippen LogP contribution is 2.20. The van der Waals surface area contributed by atoms with E-state index in [-0.39, 0.29) is 30.0 Å². The molecule has 0 amide bonds. The van der Waals surface area contributed by atoms with E-state index in [0.29, 0.717) is 0 Å². The van der Waals surface area contributed by atoms with E-state index < -0.39 is 13.0 Å². The second-order valence-corrected chi connectivity index (χ2v) is 3.17. The molecule has 88 valence electrons. The lowest BCUT2D eigenvalue weighted by Gasteiger charge is -2.04. The highest BCUT2D eigenvalue weighted by Gasteiger charge is 2.11. The number of aromatic nitrogens is 2. The number of halogens is 3. The van der Waals surface area contributed by atoms with E-state index in [4.69, 9.17) is 10.5 Å². The molecule has 0 aliphatic heterocycles. The molecule has 0 spiro atoms. The van der Waals surface area contributed by atoms with Gasteiger partial charge < -0.3 is 10.5 Å². The van der Waals surface area contributed by atoms with Gasteiger partial charge in [0.05, 0.1) is 6.20 Å². The van der Waals surface area contributed by atoms with Crippen LogP contribution in [-0.4, -0.2) is 22.8 Å². The summed E-state index contributed by atoms with van der Waals surface area (Å²) >= 11 is 0. The number of hydrogen-bond donors (Lipinski definition) is 1. The number of rotatable bonds is 4. The van der Waals surface area contributed by atoms with Crippen molar-refractivity contribution in [1.29, 1.82) is 0 Å². The molecule has 0 aliphatic carbocycles. The topological polar surface area (TPSA) is 53.1 Å². The summed E-state index contributed by atoms with van der Waals surface area (Å²) in [4.78, 5) is 0. The summed E-state index contributed by atoms with van der Waals surface area (Å²) in [5.41, 5.74) is 5.79. The second-order valence-electron chi connectivity index (χ2n) is 3.17. The fourth-order valence-corrected chi connectivity index (χ4v) is 0.908. The Bertz CT molecular complexity index is 304. The normalized spacial score (nSPS) is 10.5. The lowest BCUT2D eigenvalue weighted by atomic mass is 10.4. The largest absolute Gasteiger partial charge is 0.469 e. The summed E-state index contributed by atoms with van der Waals surface area (Å²) in [6, 6.07) is 0.126. The quantitative estimate of drug-likeness (QED) is 0.879. The number of nitrogens with two attached hydrogens (primary N) is 1. The number of alkyl halides is 2. The summed E-state index contributed by atoms with van der Waals surface area (Å²) in [7, 11) is 0. The van der Waals surface area contributed by atoms with Crippen LogP contribution in [0.3, 0.4) is 0 Å². The van der Waals surface area contributed by atoms with Crippen molar-refractivity contribution in [2.24, 2.45) is 0 Å². The lowest BCUT2D eigenvalue weighted by molar-refractivity contribution is 0.0795. The Labute approximate surface area is 92.8 Å². The van der Waals surface area contributed by atoms with Crippen molar-refractivity contribution in [2.75, 3.05) is 12.3 Å². The van der Waals surface area contributed by atoms with Crippen LogP contribution in [0.2, 0.25) is 0 Å². The molecule has 1 heterocycles. The Morgan fingerprint density at radius 2 is 2.13 bits per heavy atom. The zero-order valence-electron chi connectivity index (χ0n) is 8.48. The van der Waals surface area contributed by atoms with Gasteiger partial charge in [0, 0.05) is 6.04 Å². The third-order valence-electron chi connectivity index (χ3n) is 1.60. The minimum atomic E-state index is -2.52. The van der Waals surface area contributed by atoms with E-state index in [2.05, 4.69) is 5.10 Å². The third-order valence-corrected chi connectivity index (χ3v) is 1.60. The third kappa shape index (κ3) is 3.91. The average molecular weight is 242 g/mol. The Morgan fingerprint density at radius 1 is 1.53 bits per heavy atom. The maximum absolute atomic E-state index is 11.8. The molecule has 4 nitrogen and oxygen atoms in total. The molecule has 15 heavy (non-hydrogen) atoms. The van der Waals surface area contributed by atoms with E-state index in [0.717, 1.165) is 0 Å². The summed E-state index contributed by atoms with van der Waals surface area (Å²) < 4.78 is 29.9. The summed E-state index contributed by atoms with van der Waals surface area (Å²) in [6.07, 6.45) is -0.954. The fraction of sp³-hybridized carbons (Fsp3) is 0.625. The molecular weight excluding hydrogens is 228 g/mol. The van der Waals surface area contributed by atoms with Gasteiger partial charge in [0.1, 0.15) is 5.69 Å². The lowest BCUT2D eigenvalue weighted by Crippen LogP contribution is -2.09. The molecule has 7 heteroatoms. The van der Waals surface area contributed by atoms with Crippen LogP contribution in [0.1, 0.15) is 19.9 Å². The molecule has 0 bridgehead atoms. The van der Waals surface area contributed by atoms with E-state index in [9.17, 15) is 8.78 Å². The fourth-order valence-electron chi connectivity index (χ4n) is 0.908. The predicted molar refractivity (Wildman–Crippen MR) is 55.8 cm³/mol. The molecule has 0 aromatic carbocycles. The first-order valence-corrected chi connectivity index (χ1v) is 4.26. The number of hydrogen-bond acceptors (Lipinski definition) is 3. The summed E-state index contributed by atoms with van der Waals surface area (Å²) in [5.74, 6) is 0.0685. The first-order chi connectivity index (χ1) is 6.50. The maximum atomic E-state index is 11.8. The standard InChI is InChI=1S/C8H13F2N3O.ClH/c1-5(2)13-3-6(11)8(12-13)14-4-7(9)10;/h3,5,7H,4,11H2,1-2H3;1H. The number of nitrogens with zero attached hydrogens (tertiary/aromatic N) is 2. The second kappa shape index (κ2) is 5.75. The predicted octanol–water partition coefficient (Wildman–Crippen LogP) is 2.11. The smallest absolute Gasteiger partial charge is 0.272 e. The average Bonchev–Trinajstić information content (AvgIpc) is 2.43. The van der Waals surface area contributed by atoms with E-state index in [1.54, 1.807) is 10.9 Å². The van der Waals surface area contributed by atoms with E-state index in [1.807, 2.05) is 13.8 Å². The van der Waals surface area contributed by atoms with Crippen LogP contribution in [0.5, 0.6) is 5.88 Å². The van der Waals surface area contributed by atoms with E-state index >= 15 is 0 Å². The monoisotopic (exact) mass is 241 g/mol. The van der Waals surface area contributed by atoms with Crippen molar-refractivity contribution in [1.82, 2.24) is 9.78 Å². The molecule has 0 unspecified atom stereocenters. The van der Waals surface area contributed by atoms with Gasteiger partial charge in [-0.3, -0.25) is 4.68 Å². The van der Waals surface area contributed by atoms with Crippen LogP contribution in [-0.2, 0) is 0 Å². The van der Waals surface area contributed by atoms with Gasteiger partial charge in [-0.25, -0.2) is 8.78 Å². The number of ether oxygens (including phenoxy) is 1. The molecule has 0 atom stereocenters. The summed E-state index contributed by atoms with van der Waals surface area (Å²) in [6.45, 7) is 3.13. The Balaban J connectivity index is 0.00000196. The summed E-state index contributed by atoms with van der Waals surface area (Å²) in [5, 5.41) is 3.92. The first kappa shape index (κ1) is 14.0. The molecule has 1 rings (SSSR count). The molecule has 0 saturated heterocycles. The maximum Gasteiger partial charge on any atom is 0.272 e. The zero-order chi connectivity index (χ0) is 10.7. The minimum absolute atomic E-state index is 0. The van der Waals surface area contributed by atoms with Crippen molar-refractivity contribution in [3.05, 3.63) is 6.20 Å². The molecule has 1 aromatic rings. The Morgan fingerprint density at radius 3 is 2.53 bits per heavy atom. The van der Waals surface area contributed by atoms with Crippen molar-refractivity contribution >= 4 is 18.1 Å². The van der Waals surface area contributed by atoms with Crippen LogP contribution < -0.4 is 10.5 Å². The van der Waals surface area contributed by atoms with Gasteiger partial charge in [0.2, 0.25) is 0 Å². The Kier molecular flexibility index (Phi) is 5.35. The minimum Gasteiger partial charge on any atom is -0.469 e. The van der Waals surface area contributed by atoms with Crippen LogP contribution in [0.25, 0.3) is 0 Å². The van der Waals surface area contributed by atoms with Crippen LogP contribution in [0, 0.1) is 0 Å². The zero-order valence-corrected chi connectivity index (χ0v) is 9.30. The van der Waals surface area contributed by atoms with Crippen LogP contribution in [0.15, 0.2) is 6.20 Å². The van der Waals surface area contributed by atoms with E-state index in [1.165, 1.54) is 0 Å². The van der Waals surface area contributed by atoms with Gasteiger partial charge in [-0.2, -0.15) is 0 Å². The van der Waals surface area contributed by atoms with Crippen LogP contribution in [0.4, 0.5) is 14.5 Å².